The van der Waals surface area contributed by atoms with Gasteiger partial charge in [-0.3, -0.25) is 0 Å². The maximum atomic E-state index is 11.4. The van der Waals surface area contributed by atoms with Crippen LogP contribution in [0.15, 0.2) is 164 Å². The van der Waals surface area contributed by atoms with Crippen molar-refractivity contribution in [2.45, 2.75) is 0 Å². The van der Waals surface area contributed by atoms with Crippen LogP contribution in [0.25, 0.3) is 33.4 Å². The molecular weight excluding hydrogens is 580 g/mol. The van der Waals surface area contributed by atoms with Gasteiger partial charge in [0.05, 0.1) is 5.69 Å². The van der Waals surface area contributed by atoms with Crippen molar-refractivity contribution >= 4 is 34.1 Å². The van der Waals surface area contributed by atoms with Crippen molar-refractivity contribution in [2.24, 2.45) is 0 Å². The average Bonchev–Trinajstić information content (AvgIpc) is 3.13. The number of nitrogens with zero attached hydrogens (tertiary/aromatic N) is 1. The molecule has 0 aliphatic carbocycles. The Morgan fingerprint density at radius 3 is 0.936 bits per heavy atom. The van der Waals surface area contributed by atoms with Crippen LogP contribution in [0.2, 0.25) is 0 Å². The second-order valence-corrected chi connectivity index (χ2v) is 11.0. The maximum Gasteiger partial charge on any atom is 0.240 e. The van der Waals surface area contributed by atoms with Crippen LogP contribution >= 0.6 is 0 Å². The number of rotatable bonds is 9. The number of hydrogen-bond acceptors (Lipinski definition) is 6. The van der Waals surface area contributed by atoms with E-state index in [1.807, 2.05) is 164 Å². The highest BCUT2D eigenvalue weighted by Crippen LogP contribution is 2.48. The summed E-state index contributed by atoms with van der Waals surface area (Å²) in [6.07, 6.45) is 0. The van der Waals surface area contributed by atoms with Crippen LogP contribution in [-0.4, -0.2) is 15.2 Å². The topological polar surface area (TPSA) is 89.4 Å². The molecule has 0 radical (unpaired) electrons. The molecule has 0 saturated carbocycles. The Balaban J connectivity index is 1.40. The van der Waals surface area contributed by atoms with Gasteiger partial charge in [-0.15, -0.1) is 0 Å². The molecule has 228 valence electrons. The zero-order valence-electron chi connectivity index (χ0n) is 25.4. The van der Waals surface area contributed by atoms with E-state index in [9.17, 15) is 10.2 Å². The lowest BCUT2D eigenvalue weighted by Gasteiger charge is -2.23. The highest BCUT2D eigenvalue weighted by molar-refractivity contribution is 5.99. The molecule has 7 rings (SSSR count). The van der Waals surface area contributed by atoms with Gasteiger partial charge >= 0.3 is 0 Å². The Bertz CT molecular complexity index is 2030. The van der Waals surface area contributed by atoms with Crippen molar-refractivity contribution in [2.75, 3.05) is 16.0 Å². The van der Waals surface area contributed by atoms with Crippen LogP contribution in [-0.2, 0) is 0 Å². The second-order valence-electron chi connectivity index (χ2n) is 11.0. The van der Waals surface area contributed by atoms with E-state index in [0.717, 1.165) is 50.4 Å². The molecule has 0 bridgehead atoms. The minimum Gasteiger partial charge on any atom is -0.492 e. The van der Waals surface area contributed by atoms with Gasteiger partial charge < -0.3 is 26.2 Å². The average molecular weight is 613 g/mol. The first kappa shape index (κ1) is 29.2. The van der Waals surface area contributed by atoms with Gasteiger partial charge in [-0.05, 0) is 34.9 Å². The molecule has 0 amide bonds. The molecule has 6 heteroatoms. The van der Waals surface area contributed by atoms with E-state index in [4.69, 9.17) is 0 Å². The van der Waals surface area contributed by atoms with E-state index < -0.39 is 0 Å². The normalized spacial score (nSPS) is 10.7. The lowest BCUT2D eigenvalue weighted by molar-refractivity contribution is 0.417. The fourth-order valence-corrected chi connectivity index (χ4v) is 5.71. The monoisotopic (exact) mass is 612 g/mol. The molecule has 0 atom stereocenters. The Morgan fingerprint density at radius 2 is 0.596 bits per heavy atom. The number of aromatic nitrogens is 1. The number of benzene rings is 6. The SMILES string of the molecule is Oc1nc(O)c(Nc2ccccc2-c2ccccc2)c(Nc2ccccc2-c2ccccc2)c1Nc1ccccc1-c1ccccc1. The molecule has 5 N–H and O–H groups in total. The molecule has 7 aromatic rings. The molecule has 0 aliphatic rings. The van der Waals surface area contributed by atoms with Crippen molar-refractivity contribution in [3.8, 4) is 45.1 Å². The van der Waals surface area contributed by atoms with Crippen LogP contribution in [0, 0.1) is 0 Å². The van der Waals surface area contributed by atoms with Crippen LogP contribution in [0.1, 0.15) is 0 Å². The molecule has 0 spiro atoms. The minimum absolute atomic E-state index is 0.300. The Labute approximate surface area is 273 Å². The summed E-state index contributed by atoms with van der Waals surface area (Å²) in [7, 11) is 0. The summed E-state index contributed by atoms with van der Waals surface area (Å²) in [6.45, 7) is 0. The maximum absolute atomic E-state index is 11.4. The van der Waals surface area contributed by atoms with Gasteiger partial charge in [0.15, 0.2) is 0 Å². The fraction of sp³-hybridized carbons (Fsp3) is 0. The molecule has 6 aromatic carbocycles. The number of pyridine rings is 1. The number of para-hydroxylation sites is 3. The largest absolute Gasteiger partial charge is 0.492 e. The number of nitrogens with one attached hydrogen (secondary N) is 3. The molecule has 6 nitrogen and oxygen atoms in total. The molecule has 0 unspecified atom stereocenters. The van der Waals surface area contributed by atoms with Crippen molar-refractivity contribution < 1.29 is 10.2 Å². The van der Waals surface area contributed by atoms with Crippen LogP contribution < -0.4 is 16.0 Å². The van der Waals surface area contributed by atoms with Crippen LogP contribution in [0.5, 0.6) is 11.8 Å². The Morgan fingerprint density at radius 1 is 0.319 bits per heavy atom. The zero-order chi connectivity index (χ0) is 32.0. The lowest BCUT2D eigenvalue weighted by atomic mass is 10.0. The van der Waals surface area contributed by atoms with Gasteiger partial charge in [0.25, 0.3) is 0 Å². The number of hydrogen-bond donors (Lipinski definition) is 5. The molecule has 47 heavy (non-hydrogen) atoms. The minimum atomic E-state index is -0.355. The standard InChI is InChI=1S/C41H32N4O2/c46-40-38(43-35-26-14-11-23-32(35)29-18-6-2-7-19-29)37(42-34-25-13-10-22-31(34)28-16-4-1-5-17-28)39(41(47)45-40)44-36-27-15-12-24-33(36)30-20-8-3-9-21-30/h1-27,43-44H,(H3,42,45,46,47). The van der Waals surface area contributed by atoms with Gasteiger partial charge in [-0.2, -0.15) is 4.98 Å². The third kappa shape index (κ3) is 6.21. The summed E-state index contributed by atoms with van der Waals surface area (Å²) in [5, 5.41) is 33.2. The highest BCUT2D eigenvalue weighted by atomic mass is 16.3. The van der Waals surface area contributed by atoms with Gasteiger partial charge in [0.2, 0.25) is 11.8 Å². The Hall–Kier alpha value is -6.53. The first-order chi connectivity index (χ1) is 23.2. The predicted octanol–water partition coefficient (Wildman–Crippen LogP) is 10.7. The summed E-state index contributed by atoms with van der Waals surface area (Å²) in [5.41, 5.74) is 9.21. The smallest absolute Gasteiger partial charge is 0.240 e. The number of anilines is 6. The van der Waals surface area contributed by atoms with Crippen molar-refractivity contribution in [3.63, 3.8) is 0 Å². The molecule has 1 aromatic heterocycles. The van der Waals surface area contributed by atoms with E-state index in [2.05, 4.69) is 20.9 Å². The molecule has 1 heterocycles. The quantitative estimate of drug-likeness (QED) is 0.111. The molecule has 0 saturated heterocycles. The van der Waals surface area contributed by atoms with Crippen LogP contribution in [0.3, 0.4) is 0 Å². The van der Waals surface area contributed by atoms with Gasteiger partial charge in [-0.25, -0.2) is 0 Å². The van der Waals surface area contributed by atoms with E-state index in [0.29, 0.717) is 17.1 Å². The van der Waals surface area contributed by atoms with Gasteiger partial charge in [0, 0.05) is 33.8 Å². The predicted molar refractivity (Wildman–Crippen MR) is 193 cm³/mol. The van der Waals surface area contributed by atoms with Crippen molar-refractivity contribution in [1.29, 1.82) is 0 Å². The second kappa shape index (κ2) is 13.2. The van der Waals surface area contributed by atoms with E-state index in [1.54, 1.807) is 0 Å². The number of aromatic hydroxyl groups is 2. The summed E-state index contributed by atoms with van der Waals surface area (Å²) in [6, 6.07) is 53.9. The van der Waals surface area contributed by atoms with Crippen molar-refractivity contribution in [1.82, 2.24) is 4.98 Å². The third-order valence-electron chi connectivity index (χ3n) is 7.97. The molecule has 0 fully saturated rings. The first-order valence-electron chi connectivity index (χ1n) is 15.4. The van der Waals surface area contributed by atoms with Gasteiger partial charge in [-0.1, -0.05) is 146 Å². The highest BCUT2D eigenvalue weighted by Gasteiger charge is 2.23. The first-order valence-corrected chi connectivity index (χ1v) is 15.4. The lowest BCUT2D eigenvalue weighted by Crippen LogP contribution is -2.06. The fourth-order valence-electron chi connectivity index (χ4n) is 5.71. The summed E-state index contributed by atoms with van der Waals surface area (Å²) in [5.74, 6) is -0.709. The zero-order valence-corrected chi connectivity index (χ0v) is 25.4. The summed E-state index contributed by atoms with van der Waals surface area (Å²) in [4.78, 5) is 4.20. The van der Waals surface area contributed by atoms with Crippen molar-refractivity contribution in [3.05, 3.63) is 164 Å². The molecular formula is C41H32N4O2. The summed E-state index contributed by atoms with van der Waals surface area (Å²) < 4.78 is 0. The molecule has 0 aliphatic heterocycles. The third-order valence-corrected chi connectivity index (χ3v) is 7.97. The van der Waals surface area contributed by atoms with E-state index in [1.165, 1.54) is 0 Å². The Kier molecular flexibility index (Phi) is 8.21. The van der Waals surface area contributed by atoms with Crippen LogP contribution in [0.4, 0.5) is 34.1 Å². The summed E-state index contributed by atoms with van der Waals surface area (Å²) >= 11 is 0. The van der Waals surface area contributed by atoms with E-state index in [-0.39, 0.29) is 11.8 Å². The van der Waals surface area contributed by atoms with E-state index >= 15 is 0 Å². The van der Waals surface area contributed by atoms with Gasteiger partial charge in [0.1, 0.15) is 11.4 Å².